The number of phenolic OH excluding ortho intramolecular Hbond substituents is 1. The van der Waals surface area contributed by atoms with Crippen LogP contribution in [0, 0.1) is 0 Å². The molecule has 17 heavy (non-hydrogen) atoms. The lowest BCUT2D eigenvalue weighted by Gasteiger charge is -2.01. The van der Waals surface area contributed by atoms with Crippen LogP contribution < -0.4 is 5.73 Å². The van der Waals surface area contributed by atoms with Crippen LogP contribution in [0.3, 0.4) is 0 Å². The molecule has 88 valence electrons. The van der Waals surface area contributed by atoms with Crippen LogP contribution in [-0.4, -0.2) is 26.0 Å². The second-order valence-electron chi connectivity index (χ2n) is 3.60. The minimum atomic E-state index is -1.15. The van der Waals surface area contributed by atoms with Crippen LogP contribution >= 0.6 is 0 Å². The number of anilines is 1. The third kappa shape index (κ3) is 2.36. The van der Waals surface area contributed by atoms with Crippen molar-refractivity contribution in [3.8, 4) is 5.75 Å². The van der Waals surface area contributed by atoms with Crippen molar-refractivity contribution in [2.24, 2.45) is 0 Å². The second kappa shape index (κ2) is 4.17. The lowest BCUT2D eigenvalue weighted by molar-refractivity contribution is 0.0690. The maximum absolute atomic E-state index is 10.7. The minimum absolute atomic E-state index is 0.135. The van der Waals surface area contributed by atoms with E-state index >= 15 is 0 Å². The van der Waals surface area contributed by atoms with E-state index in [2.05, 4.69) is 5.10 Å². The summed E-state index contributed by atoms with van der Waals surface area (Å²) >= 11 is 0. The summed E-state index contributed by atoms with van der Waals surface area (Å²) in [7, 11) is 0. The number of benzene rings is 1. The van der Waals surface area contributed by atoms with Gasteiger partial charge in [-0.3, -0.25) is 4.68 Å². The zero-order chi connectivity index (χ0) is 12.4. The molecule has 0 bridgehead atoms. The summed E-state index contributed by atoms with van der Waals surface area (Å²) in [6, 6.07) is 6.57. The molecule has 1 heterocycles. The van der Waals surface area contributed by atoms with Gasteiger partial charge in [-0.15, -0.1) is 0 Å². The van der Waals surface area contributed by atoms with Crippen molar-refractivity contribution in [3.63, 3.8) is 0 Å². The third-order valence-corrected chi connectivity index (χ3v) is 2.27. The van der Waals surface area contributed by atoms with Gasteiger partial charge in [0.2, 0.25) is 0 Å². The van der Waals surface area contributed by atoms with Gasteiger partial charge in [0.05, 0.1) is 12.2 Å². The molecule has 6 heteroatoms. The highest BCUT2D eigenvalue weighted by Crippen LogP contribution is 2.13. The molecule has 0 radical (unpaired) electrons. The van der Waals surface area contributed by atoms with Crippen LogP contribution in [0.25, 0.3) is 0 Å². The number of phenols is 1. The van der Waals surface area contributed by atoms with Crippen LogP contribution in [0.5, 0.6) is 5.75 Å². The van der Waals surface area contributed by atoms with Crippen molar-refractivity contribution < 1.29 is 15.0 Å². The SMILES string of the molecule is Nc1cn(Cc2ccc(O)cc2)nc1C(=O)O. The van der Waals surface area contributed by atoms with Gasteiger partial charge in [0, 0.05) is 6.20 Å². The summed E-state index contributed by atoms with van der Waals surface area (Å²) < 4.78 is 1.45. The largest absolute Gasteiger partial charge is 0.508 e. The minimum Gasteiger partial charge on any atom is -0.508 e. The first-order chi connectivity index (χ1) is 8.06. The Labute approximate surface area is 96.9 Å². The van der Waals surface area contributed by atoms with E-state index in [-0.39, 0.29) is 17.1 Å². The van der Waals surface area contributed by atoms with Crippen molar-refractivity contribution in [3.05, 3.63) is 41.7 Å². The Morgan fingerprint density at radius 2 is 2.00 bits per heavy atom. The smallest absolute Gasteiger partial charge is 0.358 e. The second-order valence-corrected chi connectivity index (χ2v) is 3.60. The van der Waals surface area contributed by atoms with Gasteiger partial charge in [0.25, 0.3) is 0 Å². The molecular weight excluding hydrogens is 222 g/mol. The molecule has 0 amide bonds. The van der Waals surface area contributed by atoms with Gasteiger partial charge < -0.3 is 15.9 Å². The first kappa shape index (κ1) is 11.0. The highest BCUT2D eigenvalue weighted by Gasteiger charge is 2.13. The van der Waals surface area contributed by atoms with E-state index in [9.17, 15) is 4.79 Å². The van der Waals surface area contributed by atoms with Gasteiger partial charge >= 0.3 is 5.97 Å². The summed E-state index contributed by atoms with van der Waals surface area (Å²) in [6.07, 6.45) is 1.47. The van der Waals surface area contributed by atoms with E-state index in [1.807, 2.05) is 0 Å². The lowest BCUT2D eigenvalue weighted by atomic mass is 10.2. The summed E-state index contributed by atoms with van der Waals surface area (Å²) in [4.78, 5) is 10.7. The van der Waals surface area contributed by atoms with Gasteiger partial charge in [-0.1, -0.05) is 12.1 Å². The number of rotatable bonds is 3. The molecule has 1 aromatic heterocycles. The molecule has 0 aliphatic carbocycles. The molecule has 0 aliphatic heterocycles. The molecule has 6 nitrogen and oxygen atoms in total. The molecule has 2 aromatic rings. The number of carboxylic acid groups (broad SMARTS) is 1. The molecule has 0 atom stereocenters. The molecule has 0 saturated heterocycles. The lowest BCUT2D eigenvalue weighted by Crippen LogP contribution is -2.04. The molecule has 0 saturated carbocycles. The van der Waals surface area contributed by atoms with Crippen LogP contribution in [0.4, 0.5) is 5.69 Å². The number of nitrogens with zero attached hydrogens (tertiary/aromatic N) is 2. The number of aromatic nitrogens is 2. The first-order valence-electron chi connectivity index (χ1n) is 4.90. The monoisotopic (exact) mass is 233 g/mol. The number of hydrogen-bond acceptors (Lipinski definition) is 4. The van der Waals surface area contributed by atoms with Gasteiger partial charge in [0.15, 0.2) is 5.69 Å². The van der Waals surface area contributed by atoms with Gasteiger partial charge in [-0.2, -0.15) is 5.10 Å². The van der Waals surface area contributed by atoms with Crippen molar-refractivity contribution in [2.75, 3.05) is 5.73 Å². The number of carboxylic acids is 1. The molecule has 2 rings (SSSR count). The zero-order valence-corrected chi connectivity index (χ0v) is 8.87. The van der Waals surface area contributed by atoms with E-state index in [4.69, 9.17) is 15.9 Å². The first-order valence-corrected chi connectivity index (χ1v) is 4.90. The van der Waals surface area contributed by atoms with Crippen molar-refractivity contribution in [1.82, 2.24) is 9.78 Å². The highest BCUT2D eigenvalue weighted by atomic mass is 16.4. The number of aromatic hydroxyl groups is 1. The van der Waals surface area contributed by atoms with E-state index in [1.54, 1.807) is 24.3 Å². The maximum Gasteiger partial charge on any atom is 0.358 e. The standard InChI is InChI=1S/C11H11N3O3/c12-9-6-14(13-10(9)11(16)17)5-7-1-3-8(15)4-2-7/h1-4,6,15H,5,12H2,(H,16,17). The topological polar surface area (TPSA) is 101 Å². The van der Waals surface area contributed by atoms with E-state index in [0.717, 1.165) is 5.56 Å². The Morgan fingerprint density at radius 3 is 2.53 bits per heavy atom. The van der Waals surface area contributed by atoms with Crippen molar-refractivity contribution in [2.45, 2.75) is 6.54 Å². The fourth-order valence-electron chi connectivity index (χ4n) is 1.47. The molecular formula is C11H11N3O3. The van der Waals surface area contributed by atoms with Crippen LogP contribution in [0.2, 0.25) is 0 Å². The van der Waals surface area contributed by atoms with Crippen molar-refractivity contribution >= 4 is 11.7 Å². The molecule has 0 fully saturated rings. The fourth-order valence-corrected chi connectivity index (χ4v) is 1.47. The average molecular weight is 233 g/mol. The predicted octanol–water partition coefficient (Wildman–Crippen LogP) is 0.917. The highest BCUT2D eigenvalue weighted by molar-refractivity contribution is 5.91. The van der Waals surface area contributed by atoms with Crippen LogP contribution in [0.1, 0.15) is 16.1 Å². The Hall–Kier alpha value is -2.50. The predicted molar refractivity (Wildman–Crippen MR) is 60.8 cm³/mol. The Bertz CT molecular complexity index is 546. The summed E-state index contributed by atoms with van der Waals surface area (Å²) in [5, 5.41) is 21.8. The Balaban J connectivity index is 2.22. The van der Waals surface area contributed by atoms with E-state index in [1.165, 1.54) is 10.9 Å². The molecule has 0 spiro atoms. The number of aromatic carboxylic acids is 1. The van der Waals surface area contributed by atoms with Gasteiger partial charge in [-0.25, -0.2) is 4.79 Å². The third-order valence-electron chi connectivity index (χ3n) is 2.27. The quantitative estimate of drug-likeness (QED) is 0.731. The Morgan fingerprint density at radius 1 is 1.35 bits per heavy atom. The molecule has 4 N–H and O–H groups in total. The average Bonchev–Trinajstić information content (AvgIpc) is 2.63. The van der Waals surface area contributed by atoms with Crippen molar-refractivity contribution in [1.29, 1.82) is 0 Å². The normalized spacial score (nSPS) is 10.4. The fraction of sp³-hybridized carbons (Fsp3) is 0.0909. The number of carbonyl (C=O) groups is 1. The Kier molecular flexibility index (Phi) is 2.70. The number of nitrogens with two attached hydrogens (primary N) is 1. The van der Waals surface area contributed by atoms with E-state index in [0.29, 0.717) is 6.54 Å². The number of nitrogen functional groups attached to an aromatic ring is 1. The molecule has 0 unspecified atom stereocenters. The summed E-state index contributed by atoms with van der Waals surface area (Å²) in [6.45, 7) is 0.401. The molecule has 1 aromatic carbocycles. The van der Waals surface area contributed by atoms with Crippen LogP contribution in [-0.2, 0) is 6.54 Å². The summed E-state index contributed by atoms with van der Waals surface area (Å²) in [5.74, 6) is -0.966. The maximum atomic E-state index is 10.7. The van der Waals surface area contributed by atoms with Gasteiger partial charge in [0.1, 0.15) is 5.75 Å². The zero-order valence-electron chi connectivity index (χ0n) is 8.87. The van der Waals surface area contributed by atoms with E-state index < -0.39 is 5.97 Å². The number of hydrogen-bond donors (Lipinski definition) is 3. The van der Waals surface area contributed by atoms with Gasteiger partial charge in [-0.05, 0) is 17.7 Å². The van der Waals surface area contributed by atoms with Crippen LogP contribution in [0.15, 0.2) is 30.5 Å². The molecule has 0 aliphatic rings. The summed E-state index contributed by atoms with van der Waals surface area (Å²) in [5.41, 5.74) is 6.39.